The van der Waals surface area contributed by atoms with E-state index in [1.54, 1.807) is 7.05 Å². The maximum Gasteiger partial charge on any atom is 0.323 e. The van der Waals surface area contributed by atoms with Crippen molar-refractivity contribution >= 4 is 11.9 Å². The molecule has 6 heteroatoms. The summed E-state index contributed by atoms with van der Waals surface area (Å²) in [4.78, 5) is 12.8. The Morgan fingerprint density at radius 3 is 2.38 bits per heavy atom. The molecule has 0 fully saturated rings. The summed E-state index contributed by atoms with van der Waals surface area (Å²) in [6, 6.07) is 0.355. The lowest BCUT2D eigenvalue weighted by atomic mass is 9.99. The van der Waals surface area contributed by atoms with Gasteiger partial charge in [-0.3, -0.25) is 0 Å². The molecule has 0 bridgehead atoms. The van der Waals surface area contributed by atoms with Crippen LogP contribution >= 0.6 is 0 Å². The molecule has 0 aliphatic heterocycles. The van der Waals surface area contributed by atoms with Crippen molar-refractivity contribution < 1.29 is 4.74 Å². The van der Waals surface area contributed by atoms with Crippen LogP contribution in [0.3, 0.4) is 0 Å². The highest BCUT2D eigenvalue weighted by molar-refractivity contribution is 5.35. The molecule has 1 unspecified atom stereocenters. The molecule has 21 heavy (non-hydrogen) atoms. The molecule has 1 aromatic rings. The number of anilines is 2. The van der Waals surface area contributed by atoms with E-state index in [-0.39, 0.29) is 6.10 Å². The SMILES string of the molecule is CCCCC(CC)CNc1nc(NC)nc(OC(C)C)n1. The molecule has 120 valence electrons. The molecule has 0 amide bonds. The van der Waals surface area contributed by atoms with E-state index in [1.165, 1.54) is 19.3 Å². The average Bonchev–Trinajstić information content (AvgIpc) is 2.46. The van der Waals surface area contributed by atoms with Gasteiger partial charge in [-0.15, -0.1) is 0 Å². The number of ether oxygens (including phenoxy) is 1. The quantitative estimate of drug-likeness (QED) is 0.690. The first-order chi connectivity index (χ1) is 10.1. The van der Waals surface area contributed by atoms with E-state index in [9.17, 15) is 0 Å². The van der Waals surface area contributed by atoms with Crippen LogP contribution < -0.4 is 15.4 Å². The van der Waals surface area contributed by atoms with E-state index in [2.05, 4.69) is 39.4 Å². The summed E-state index contributed by atoms with van der Waals surface area (Å²) in [5.74, 6) is 1.74. The first kappa shape index (κ1) is 17.5. The second-order valence-corrected chi connectivity index (χ2v) is 5.48. The van der Waals surface area contributed by atoms with Gasteiger partial charge in [-0.1, -0.05) is 33.1 Å². The van der Waals surface area contributed by atoms with Gasteiger partial charge in [0.25, 0.3) is 0 Å². The standard InChI is InChI=1S/C15H29N5O/c1-6-8-9-12(7-2)10-17-14-18-13(16-5)19-15(20-14)21-11(3)4/h11-12H,6-10H2,1-5H3,(H2,16,17,18,19,20). The molecule has 0 radical (unpaired) electrons. The first-order valence-electron chi connectivity index (χ1n) is 7.93. The van der Waals surface area contributed by atoms with Gasteiger partial charge in [-0.2, -0.15) is 15.0 Å². The van der Waals surface area contributed by atoms with Crippen molar-refractivity contribution in [2.45, 2.75) is 59.5 Å². The minimum Gasteiger partial charge on any atom is -0.461 e. The fourth-order valence-corrected chi connectivity index (χ4v) is 1.99. The molecule has 1 heterocycles. The van der Waals surface area contributed by atoms with Gasteiger partial charge < -0.3 is 15.4 Å². The minimum absolute atomic E-state index is 0.0397. The summed E-state index contributed by atoms with van der Waals surface area (Å²) < 4.78 is 5.55. The molecule has 0 spiro atoms. The van der Waals surface area contributed by atoms with Crippen LogP contribution in [-0.4, -0.2) is 34.6 Å². The first-order valence-corrected chi connectivity index (χ1v) is 7.93. The molecule has 1 aromatic heterocycles. The van der Waals surface area contributed by atoms with E-state index in [4.69, 9.17) is 4.74 Å². The number of hydrogen-bond acceptors (Lipinski definition) is 6. The van der Waals surface area contributed by atoms with Crippen LogP contribution in [0.5, 0.6) is 6.01 Å². The smallest absolute Gasteiger partial charge is 0.323 e. The third-order valence-corrected chi connectivity index (χ3v) is 3.27. The Hall–Kier alpha value is -1.59. The highest BCUT2D eigenvalue weighted by Gasteiger charge is 2.10. The Morgan fingerprint density at radius 2 is 1.81 bits per heavy atom. The van der Waals surface area contributed by atoms with Crippen molar-refractivity contribution in [3.8, 4) is 6.01 Å². The van der Waals surface area contributed by atoms with Crippen LogP contribution in [0.1, 0.15) is 53.4 Å². The number of rotatable bonds is 10. The Bertz CT molecular complexity index is 411. The molecule has 0 aliphatic carbocycles. The number of nitrogens with one attached hydrogen (secondary N) is 2. The zero-order valence-corrected chi connectivity index (χ0v) is 13.9. The number of nitrogens with zero attached hydrogens (tertiary/aromatic N) is 3. The second-order valence-electron chi connectivity index (χ2n) is 5.48. The molecule has 2 N–H and O–H groups in total. The highest BCUT2D eigenvalue weighted by atomic mass is 16.5. The summed E-state index contributed by atoms with van der Waals surface area (Å²) in [7, 11) is 1.79. The predicted molar refractivity (Wildman–Crippen MR) is 86.9 cm³/mol. The van der Waals surface area contributed by atoms with E-state index < -0.39 is 0 Å². The van der Waals surface area contributed by atoms with E-state index in [0.717, 1.165) is 13.0 Å². The summed E-state index contributed by atoms with van der Waals surface area (Å²) in [5.41, 5.74) is 0. The normalized spacial score (nSPS) is 12.3. The van der Waals surface area contributed by atoms with Crippen molar-refractivity contribution in [3.05, 3.63) is 0 Å². The maximum absolute atomic E-state index is 5.55. The van der Waals surface area contributed by atoms with Crippen LogP contribution in [0.15, 0.2) is 0 Å². The van der Waals surface area contributed by atoms with Gasteiger partial charge in [-0.05, 0) is 26.2 Å². The summed E-state index contributed by atoms with van der Waals surface area (Å²) in [5, 5.41) is 6.25. The van der Waals surface area contributed by atoms with Gasteiger partial charge in [-0.25, -0.2) is 0 Å². The molecule has 0 saturated heterocycles. The maximum atomic E-state index is 5.55. The van der Waals surface area contributed by atoms with Crippen molar-refractivity contribution in [2.75, 3.05) is 24.2 Å². The molecule has 6 nitrogen and oxygen atoms in total. The van der Waals surface area contributed by atoms with Crippen LogP contribution in [0.25, 0.3) is 0 Å². The predicted octanol–water partition coefficient (Wildman–Crippen LogP) is 3.33. The van der Waals surface area contributed by atoms with Gasteiger partial charge in [0.2, 0.25) is 11.9 Å². The topological polar surface area (TPSA) is 72.0 Å². The average molecular weight is 295 g/mol. The highest BCUT2D eigenvalue weighted by Crippen LogP contribution is 2.15. The lowest BCUT2D eigenvalue weighted by Gasteiger charge is -2.16. The lowest BCUT2D eigenvalue weighted by Crippen LogP contribution is -2.17. The van der Waals surface area contributed by atoms with Crippen LogP contribution in [0.2, 0.25) is 0 Å². The van der Waals surface area contributed by atoms with Gasteiger partial charge >= 0.3 is 6.01 Å². The molecule has 0 aliphatic rings. The van der Waals surface area contributed by atoms with Crippen molar-refractivity contribution in [1.82, 2.24) is 15.0 Å². The molecule has 1 rings (SSSR count). The Morgan fingerprint density at radius 1 is 1.10 bits per heavy atom. The summed E-state index contributed by atoms with van der Waals surface area (Å²) in [6.45, 7) is 9.23. The third kappa shape index (κ3) is 6.60. The molecule has 0 aromatic carbocycles. The number of aromatic nitrogens is 3. The Labute approximate surface area is 128 Å². The van der Waals surface area contributed by atoms with Crippen LogP contribution in [0, 0.1) is 5.92 Å². The Kier molecular flexibility index (Phi) is 7.79. The van der Waals surface area contributed by atoms with Gasteiger partial charge in [0, 0.05) is 13.6 Å². The van der Waals surface area contributed by atoms with E-state index in [1.807, 2.05) is 13.8 Å². The third-order valence-electron chi connectivity index (χ3n) is 3.27. The molecular weight excluding hydrogens is 266 g/mol. The van der Waals surface area contributed by atoms with Crippen LogP contribution in [0.4, 0.5) is 11.9 Å². The van der Waals surface area contributed by atoms with Crippen molar-refractivity contribution in [3.63, 3.8) is 0 Å². The zero-order valence-electron chi connectivity index (χ0n) is 13.9. The van der Waals surface area contributed by atoms with Gasteiger partial charge in [0.05, 0.1) is 6.10 Å². The monoisotopic (exact) mass is 295 g/mol. The second kappa shape index (κ2) is 9.37. The van der Waals surface area contributed by atoms with Crippen molar-refractivity contribution in [2.24, 2.45) is 5.92 Å². The van der Waals surface area contributed by atoms with Gasteiger partial charge in [0.15, 0.2) is 0 Å². The van der Waals surface area contributed by atoms with Crippen LogP contribution in [-0.2, 0) is 0 Å². The van der Waals surface area contributed by atoms with Crippen molar-refractivity contribution in [1.29, 1.82) is 0 Å². The van der Waals surface area contributed by atoms with E-state index >= 15 is 0 Å². The zero-order chi connectivity index (χ0) is 15.7. The fourth-order valence-electron chi connectivity index (χ4n) is 1.99. The molecular formula is C15H29N5O. The van der Waals surface area contributed by atoms with E-state index in [0.29, 0.717) is 23.8 Å². The summed E-state index contributed by atoms with van der Waals surface area (Å²) in [6.07, 6.45) is 4.93. The number of unbranched alkanes of at least 4 members (excludes halogenated alkanes) is 1. The number of hydrogen-bond donors (Lipinski definition) is 2. The Balaban J connectivity index is 2.68. The molecule has 0 saturated carbocycles. The molecule has 1 atom stereocenters. The van der Waals surface area contributed by atoms with Gasteiger partial charge in [0.1, 0.15) is 0 Å². The largest absolute Gasteiger partial charge is 0.461 e. The lowest BCUT2D eigenvalue weighted by molar-refractivity contribution is 0.222. The summed E-state index contributed by atoms with van der Waals surface area (Å²) >= 11 is 0. The fraction of sp³-hybridized carbons (Fsp3) is 0.800. The minimum atomic E-state index is 0.0397.